The quantitative estimate of drug-likeness (QED) is 0.0223. The Balaban J connectivity index is 0.897. The highest BCUT2D eigenvalue weighted by Gasteiger charge is 2.56. The molecule has 2 aliphatic rings. The van der Waals surface area contributed by atoms with Gasteiger partial charge in [0.15, 0.2) is 120 Å². The Kier molecular flexibility index (Phi) is 24.5. The van der Waals surface area contributed by atoms with Crippen molar-refractivity contribution in [3.8, 4) is 34.5 Å². The molecule has 3 aromatic carbocycles. The lowest BCUT2D eigenvalue weighted by Crippen LogP contribution is -2.51. The van der Waals surface area contributed by atoms with Crippen LogP contribution < -0.4 is 55.8 Å². The second kappa shape index (κ2) is 34.9. The molecule has 0 aliphatic carbocycles. The van der Waals surface area contributed by atoms with E-state index in [4.69, 9.17) is 28.4 Å². The first-order chi connectivity index (χ1) is 50.6. The van der Waals surface area contributed by atoms with Crippen LogP contribution in [0, 0.1) is 6.92 Å². The second-order valence-corrected chi connectivity index (χ2v) is 27.6. The lowest BCUT2D eigenvalue weighted by Gasteiger charge is -2.34. The number of aromatic nitrogens is 7. The molecule has 0 spiro atoms. The predicted octanol–water partition coefficient (Wildman–Crippen LogP) is 13.1. The molecule has 0 unspecified atom stereocenters. The molecule has 0 bridgehead atoms. The molecule has 12 rings (SSSR count). The van der Waals surface area contributed by atoms with Crippen LogP contribution in [0.25, 0.3) is 23.8 Å². The Labute approximate surface area is 612 Å². The summed E-state index contributed by atoms with van der Waals surface area (Å²) in [5, 5.41) is 0. The summed E-state index contributed by atoms with van der Waals surface area (Å²) >= 11 is 0. The van der Waals surface area contributed by atoms with E-state index in [1.807, 2.05) is 172 Å². The number of nitrogens with zero attached hydrogens (tertiary/aromatic N) is 8. The van der Waals surface area contributed by atoms with Gasteiger partial charge < -0.3 is 46.0 Å². The third kappa shape index (κ3) is 19.3. The molecule has 0 atom stereocenters. The number of aryl methyl sites for hydroxylation is 13. The van der Waals surface area contributed by atoms with E-state index in [9.17, 15) is 0 Å². The molecule has 7 aromatic heterocycles. The maximum absolute atomic E-state index is 18.9. The van der Waals surface area contributed by atoms with Gasteiger partial charge in [-0.1, -0.05) is 24.3 Å². The van der Waals surface area contributed by atoms with E-state index in [1.54, 1.807) is 12.2 Å². The van der Waals surface area contributed by atoms with Crippen molar-refractivity contribution in [2.75, 3.05) is 39.6 Å². The number of ether oxygens (including phenoxy) is 6. The van der Waals surface area contributed by atoms with Gasteiger partial charge in [0, 0.05) is 98.9 Å². The van der Waals surface area contributed by atoms with Crippen LogP contribution in [0.4, 0.5) is 8.63 Å². The molecular weight excluding hydrogens is 1300 g/mol. The summed E-state index contributed by atoms with van der Waals surface area (Å²) in [6.45, 7) is 2.01. The smallest absolute Gasteiger partial charge is 0.490 e. The largest absolute Gasteiger partial charge is 0.737 e. The molecular formula is C87H99BF2N8O6+6. The van der Waals surface area contributed by atoms with Gasteiger partial charge in [-0.25, -0.2) is 27.4 Å². The molecule has 0 saturated heterocycles. The van der Waals surface area contributed by atoms with Crippen molar-refractivity contribution in [1.82, 2.24) is 4.48 Å². The summed E-state index contributed by atoms with van der Waals surface area (Å²) in [4.78, 5) is 0. The van der Waals surface area contributed by atoms with Crippen molar-refractivity contribution in [1.29, 1.82) is 0 Å². The highest BCUT2D eigenvalue weighted by Crippen LogP contribution is 2.47. The molecule has 0 fully saturated rings. The first kappa shape index (κ1) is 73.0. The van der Waals surface area contributed by atoms with Crippen LogP contribution in [-0.4, -0.2) is 61.3 Å². The summed E-state index contributed by atoms with van der Waals surface area (Å²) < 4.78 is 92.2. The molecule has 10 aromatic rings. The minimum atomic E-state index is -4.58. The molecule has 0 N–H and O–H groups in total. The number of pyridine rings is 6. The predicted molar refractivity (Wildman–Crippen MR) is 403 cm³/mol. The molecule has 534 valence electrons. The monoisotopic (exact) mass is 1400 g/mol. The van der Waals surface area contributed by atoms with Gasteiger partial charge in [-0.15, -0.1) is 0 Å². The normalized spacial score (nSPS) is 13.2. The van der Waals surface area contributed by atoms with Crippen LogP contribution in [0.3, 0.4) is 0 Å². The third-order valence-corrected chi connectivity index (χ3v) is 18.9. The van der Waals surface area contributed by atoms with Crippen LogP contribution in [0.5, 0.6) is 34.5 Å². The van der Waals surface area contributed by atoms with E-state index in [2.05, 4.69) is 137 Å². The molecule has 9 heterocycles. The van der Waals surface area contributed by atoms with Crippen LogP contribution >= 0.6 is 0 Å². The average molecular weight is 1400 g/mol. The third-order valence-electron chi connectivity index (χ3n) is 18.9. The van der Waals surface area contributed by atoms with Gasteiger partial charge in [0.25, 0.3) is 0 Å². The number of halogens is 2. The van der Waals surface area contributed by atoms with Gasteiger partial charge in [-0.3, -0.25) is 0 Å². The average Bonchev–Trinajstić information content (AvgIpc) is 1.52. The minimum absolute atomic E-state index is 0.342. The zero-order valence-corrected chi connectivity index (χ0v) is 61.6. The lowest BCUT2D eigenvalue weighted by atomic mass is 9.83. The molecule has 104 heavy (non-hydrogen) atoms. The highest BCUT2D eigenvalue weighted by molar-refractivity contribution is 6.58. The van der Waals surface area contributed by atoms with Crippen LogP contribution in [0.2, 0.25) is 0 Å². The second-order valence-electron chi connectivity index (χ2n) is 27.6. The zero-order chi connectivity index (χ0) is 72.4. The van der Waals surface area contributed by atoms with Gasteiger partial charge in [0.05, 0.1) is 45.2 Å². The molecule has 14 nitrogen and oxygen atoms in total. The molecule has 17 heteroatoms. The number of allylic oxidation sites excluding steroid dienone is 3. The minimum Gasteiger partial charge on any atom is -0.490 e. The number of hydrogen-bond donors (Lipinski definition) is 0. The van der Waals surface area contributed by atoms with Crippen molar-refractivity contribution in [3.63, 3.8) is 0 Å². The Hall–Kier alpha value is -10.8. The summed E-state index contributed by atoms with van der Waals surface area (Å²) in [5.74, 6) is 3.58. The maximum Gasteiger partial charge on any atom is 0.737 e. The van der Waals surface area contributed by atoms with Crippen LogP contribution in [0.1, 0.15) is 112 Å². The first-order valence-corrected chi connectivity index (χ1v) is 36.6. The molecule has 0 radical (unpaired) electrons. The fourth-order valence-electron chi connectivity index (χ4n) is 13.9. The van der Waals surface area contributed by atoms with E-state index in [0.29, 0.717) is 119 Å². The summed E-state index contributed by atoms with van der Waals surface area (Å²) in [6.07, 6.45) is 43.9. The van der Waals surface area contributed by atoms with E-state index < -0.39 is 6.97 Å². The van der Waals surface area contributed by atoms with E-state index in [-0.39, 0.29) is 0 Å². The summed E-state index contributed by atoms with van der Waals surface area (Å²) in [5.41, 5.74) is 13.2. The highest BCUT2D eigenvalue weighted by atomic mass is 19.2. The van der Waals surface area contributed by atoms with Gasteiger partial charge in [0.2, 0.25) is 0 Å². The van der Waals surface area contributed by atoms with E-state index >= 15 is 8.63 Å². The van der Waals surface area contributed by atoms with Crippen molar-refractivity contribution >= 4 is 36.5 Å². The van der Waals surface area contributed by atoms with Crippen molar-refractivity contribution in [3.05, 3.63) is 298 Å². The Morgan fingerprint density at radius 2 is 0.702 bits per heavy atom. The number of fused-ring (bicyclic) bond motifs is 2. The lowest BCUT2D eigenvalue weighted by molar-refractivity contribution is -0.672. The summed E-state index contributed by atoms with van der Waals surface area (Å²) in [6, 6.07) is 44.6. The maximum atomic E-state index is 18.9. The molecule has 2 aliphatic heterocycles. The van der Waals surface area contributed by atoms with Gasteiger partial charge in [-0.05, 0) is 204 Å². The fourth-order valence-corrected chi connectivity index (χ4v) is 13.9. The van der Waals surface area contributed by atoms with Crippen LogP contribution in [0.15, 0.2) is 231 Å². The summed E-state index contributed by atoms with van der Waals surface area (Å²) in [7, 11) is 12.2. The van der Waals surface area contributed by atoms with E-state index in [0.717, 1.165) is 88.2 Å². The SMILES string of the molecule is CC1=CC(/C=C/c2ccc(OCCCc3ccc[n+](C)c3)c(OCCCc3ccc[n+](C)c3)c2)=[N+]2C1=C(c1ccc(OCCCc3ccc[n+](C)c3)c(OCCCc3ccc[n+](C)c3)c1)c1c(C)cc(/C=C/c3ccc(OCCCc4ccc[n+](C)c4)c(OCCCc4ccc[n+](C)c4)c3)n1[B-]2(F)F. The number of hydrogen-bond acceptors (Lipinski definition) is 6. The van der Waals surface area contributed by atoms with Crippen molar-refractivity contribution < 1.29 is 68.9 Å². The number of rotatable bonds is 35. The van der Waals surface area contributed by atoms with Crippen molar-refractivity contribution in [2.45, 2.75) is 90.9 Å². The standard InChI is InChI=1S/C87H99BF2N8O6/c1-66-55-77(38-33-68-35-40-79(99-49-15-27-70-21-9-43-91(3)60-70)82(57-68)102-52-18-30-73-24-12-46-94(6)63-73)97-86(66)85(76-37-42-81(101-51-17-29-72-23-11-45-93(5)62-72)84(59-76)104-54-20-32-75-26-14-48-96(8)65-75)87-67(2)56-78(98(87)88(97,89)90)39-34-69-36-41-80(100-50-16-28-71-22-10-44-92(4)61-71)83(58-69)103-53-19-31-74-25-13-47-95(7)64-74/h9-14,21-26,33-48,55-65H,15-20,27-32,49-54H2,1-8H3/q+6/b38-33+,39-34+. The van der Waals surface area contributed by atoms with Gasteiger partial charge >= 0.3 is 6.97 Å². The van der Waals surface area contributed by atoms with Gasteiger partial charge in [-0.2, -0.15) is 0 Å². The zero-order valence-electron chi connectivity index (χ0n) is 61.6. The van der Waals surface area contributed by atoms with Crippen molar-refractivity contribution in [2.24, 2.45) is 42.3 Å². The van der Waals surface area contributed by atoms with Crippen LogP contribution in [-0.2, 0) is 80.8 Å². The fraction of sp³-hybridized carbons (Fsp3) is 0.299. The Bertz CT molecular complexity index is 4830. The van der Waals surface area contributed by atoms with Gasteiger partial charge in [0.1, 0.15) is 42.3 Å². The first-order valence-electron chi connectivity index (χ1n) is 36.6. The molecule has 0 amide bonds. The van der Waals surface area contributed by atoms with E-state index in [1.165, 1.54) is 42.3 Å². The Morgan fingerprint density at radius 3 is 1.06 bits per heavy atom. The Morgan fingerprint density at radius 1 is 0.375 bits per heavy atom. The topological polar surface area (TPSA) is 86.6 Å². The number of benzene rings is 3. The molecule has 0 saturated carbocycles.